The maximum Gasteiger partial charge on any atom is 0.272 e. The van der Waals surface area contributed by atoms with Crippen LogP contribution in [-0.2, 0) is 6.54 Å². The van der Waals surface area contributed by atoms with Crippen LogP contribution in [0.2, 0.25) is 0 Å². The quantitative estimate of drug-likeness (QED) is 0.753. The zero-order chi connectivity index (χ0) is 14.7. The average molecular weight is 282 g/mol. The van der Waals surface area contributed by atoms with Gasteiger partial charge in [0.15, 0.2) is 5.82 Å². The molecule has 7 nitrogen and oxygen atoms in total. The van der Waals surface area contributed by atoms with Crippen molar-refractivity contribution in [1.29, 1.82) is 0 Å². The molecular weight excluding hydrogens is 268 g/mol. The van der Waals surface area contributed by atoms with E-state index in [-0.39, 0.29) is 5.91 Å². The Labute approximate surface area is 121 Å². The first-order chi connectivity index (χ1) is 10.2. The number of nitrogens with one attached hydrogen (secondary N) is 2. The van der Waals surface area contributed by atoms with E-state index in [1.165, 1.54) is 0 Å². The van der Waals surface area contributed by atoms with Gasteiger partial charge in [0.25, 0.3) is 5.91 Å². The lowest BCUT2D eigenvalue weighted by molar-refractivity contribution is 0.0946. The van der Waals surface area contributed by atoms with Gasteiger partial charge in [0.1, 0.15) is 5.69 Å². The van der Waals surface area contributed by atoms with Crippen LogP contribution in [0.3, 0.4) is 0 Å². The molecule has 1 amide bonds. The minimum atomic E-state index is -0.211. The summed E-state index contributed by atoms with van der Waals surface area (Å²) < 4.78 is 1.67. The molecule has 2 N–H and O–H groups in total. The number of carbonyl (C=O) groups excluding carboxylic acids is 1. The predicted octanol–water partition coefficient (Wildman–Crippen LogP) is 1.23. The topological polar surface area (TPSA) is 88.5 Å². The predicted molar refractivity (Wildman–Crippen MR) is 75.9 cm³/mol. The average Bonchev–Trinajstić information content (AvgIpc) is 3.16. The first-order valence-electron chi connectivity index (χ1n) is 6.47. The van der Waals surface area contributed by atoms with Crippen LogP contribution in [0.25, 0.3) is 5.82 Å². The molecule has 0 aliphatic rings. The monoisotopic (exact) mass is 282 g/mol. The second-order valence-corrected chi connectivity index (χ2v) is 4.59. The Bertz CT molecular complexity index is 746. The molecule has 0 saturated carbocycles. The zero-order valence-corrected chi connectivity index (χ0v) is 11.4. The van der Waals surface area contributed by atoms with Crippen molar-refractivity contribution in [2.24, 2.45) is 0 Å². The number of H-pyrrole nitrogens is 1. The minimum Gasteiger partial charge on any atom is -0.347 e. The molecule has 3 aromatic rings. The summed E-state index contributed by atoms with van der Waals surface area (Å²) in [7, 11) is 0. The zero-order valence-electron chi connectivity index (χ0n) is 11.4. The number of aromatic nitrogens is 5. The molecule has 3 rings (SSSR count). The third-order valence-corrected chi connectivity index (χ3v) is 2.94. The van der Waals surface area contributed by atoms with Crippen molar-refractivity contribution in [1.82, 2.24) is 30.3 Å². The van der Waals surface area contributed by atoms with Crippen molar-refractivity contribution in [2.45, 2.75) is 13.5 Å². The van der Waals surface area contributed by atoms with Gasteiger partial charge >= 0.3 is 0 Å². The number of aromatic amines is 1. The molecule has 0 aliphatic carbocycles. The van der Waals surface area contributed by atoms with Crippen LogP contribution in [0.15, 0.2) is 42.9 Å². The Balaban J connectivity index is 1.68. The van der Waals surface area contributed by atoms with Crippen LogP contribution in [0.5, 0.6) is 0 Å². The summed E-state index contributed by atoms with van der Waals surface area (Å²) in [5, 5.41) is 13.6. The molecule has 3 aromatic heterocycles. The molecule has 0 aromatic carbocycles. The second-order valence-electron chi connectivity index (χ2n) is 4.59. The van der Waals surface area contributed by atoms with E-state index in [9.17, 15) is 4.79 Å². The number of hydrogen-bond donors (Lipinski definition) is 2. The summed E-state index contributed by atoms with van der Waals surface area (Å²) in [6.07, 6.45) is 5.20. The first kappa shape index (κ1) is 13.0. The van der Waals surface area contributed by atoms with Crippen molar-refractivity contribution in [3.63, 3.8) is 0 Å². The highest BCUT2D eigenvalue weighted by molar-refractivity contribution is 5.92. The fourth-order valence-electron chi connectivity index (χ4n) is 1.91. The largest absolute Gasteiger partial charge is 0.347 e. The van der Waals surface area contributed by atoms with Gasteiger partial charge in [0, 0.05) is 30.8 Å². The van der Waals surface area contributed by atoms with E-state index in [0.29, 0.717) is 18.1 Å². The standard InChI is InChI=1S/C14H14N6O/c1-10-7-12(19-18-10)14(21)16-9-11-3-5-15-13(8-11)20-6-2-4-17-20/h2-8H,9H2,1H3,(H,16,21)(H,18,19). The molecule has 0 fully saturated rings. The number of aryl methyl sites for hydroxylation is 1. The number of rotatable bonds is 4. The summed E-state index contributed by atoms with van der Waals surface area (Å²) in [4.78, 5) is 16.2. The van der Waals surface area contributed by atoms with Crippen LogP contribution in [0.4, 0.5) is 0 Å². The van der Waals surface area contributed by atoms with E-state index in [1.54, 1.807) is 23.1 Å². The SMILES string of the molecule is Cc1cc(C(=O)NCc2ccnc(-n3cccn3)c2)n[nH]1. The van der Waals surface area contributed by atoms with Crippen molar-refractivity contribution in [3.05, 3.63) is 59.8 Å². The molecule has 0 atom stereocenters. The van der Waals surface area contributed by atoms with Gasteiger partial charge in [-0.1, -0.05) is 0 Å². The molecule has 0 saturated heterocycles. The third kappa shape index (κ3) is 2.97. The Hall–Kier alpha value is -2.96. The highest BCUT2D eigenvalue weighted by atomic mass is 16.1. The lowest BCUT2D eigenvalue weighted by atomic mass is 10.2. The smallest absolute Gasteiger partial charge is 0.272 e. The summed E-state index contributed by atoms with van der Waals surface area (Å²) >= 11 is 0. The lowest BCUT2D eigenvalue weighted by Crippen LogP contribution is -2.23. The molecule has 0 unspecified atom stereocenters. The maximum atomic E-state index is 11.9. The van der Waals surface area contributed by atoms with Gasteiger partial charge in [0.2, 0.25) is 0 Å². The molecule has 0 spiro atoms. The number of hydrogen-bond acceptors (Lipinski definition) is 4. The normalized spacial score (nSPS) is 10.5. The first-order valence-corrected chi connectivity index (χ1v) is 6.47. The molecule has 21 heavy (non-hydrogen) atoms. The van der Waals surface area contributed by atoms with Crippen molar-refractivity contribution < 1.29 is 4.79 Å². The van der Waals surface area contributed by atoms with Crippen molar-refractivity contribution in [3.8, 4) is 5.82 Å². The van der Waals surface area contributed by atoms with Crippen LogP contribution in [0.1, 0.15) is 21.7 Å². The summed E-state index contributed by atoms with van der Waals surface area (Å²) in [5.74, 6) is 0.499. The van der Waals surface area contributed by atoms with Crippen molar-refractivity contribution in [2.75, 3.05) is 0 Å². The van der Waals surface area contributed by atoms with Gasteiger partial charge in [-0.15, -0.1) is 0 Å². The lowest BCUT2D eigenvalue weighted by Gasteiger charge is -2.05. The van der Waals surface area contributed by atoms with Crippen molar-refractivity contribution >= 4 is 5.91 Å². The van der Waals surface area contributed by atoms with E-state index < -0.39 is 0 Å². The molecule has 3 heterocycles. The van der Waals surface area contributed by atoms with E-state index in [0.717, 1.165) is 11.3 Å². The minimum absolute atomic E-state index is 0.211. The van der Waals surface area contributed by atoms with E-state index in [1.807, 2.05) is 31.3 Å². The summed E-state index contributed by atoms with van der Waals surface area (Å²) in [6, 6.07) is 7.26. The van der Waals surface area contributed by atoms with Crippen LogP contribution < -0.4 is 5.32 Å². The number of nitrogens with zero attached hydrogens (tertiary/aromatic N) is 4. The molecule has 0 bridgehead atoms. The van der Waals surface area contributed by atoms with Gasteiger partial charge in [-0.05, 0) is 36.8 Å². The van der Waals surface area contributed by atoms with E-state index in [4.69, 9.17) is 0 Å². The number of amides is 1. The molecular formula is C14H14N6O. The molecule has 7 heteroatoms. The Morgan fingerprint density at radius 1 is 1.38 bits per heavy atom. The van der Waals surface area contributed by atoms with Gasteiger partial charge in [-0.2, -0.15) is 10.2 Å². The molecule has 0 aliphatic heterocycles. The second kappa shape index (κ2) is 5.58. The van der Waals surface area contributed by atoms with Crippen LogP contribution >= 0.6 is 0 Å². The highest BCUT2D eigenvalue weighted by Crippen LogP contribution is 2.06. The number of pyridine rings is 1. The van der Waals surface area contributed by atoms with Gasteiger partial charge in [-0.25, -0.2) is 9.67 Å². The van der Waals surface area contributed by atoms with Gasteiger partial charge < -0.3 is 5.32 Å². The fourth-order valence-corrected chi connectivity index (χ4v) is 1.91. The molecule has 0 radical (unpaired) electrons. The Morgan fingerprint density at radius 3 is 3.00 bits per heavy atom. The van der Waals surface area contributed by atoms with Gasteiger partial charge in [-0.3, -0.25) is 9.89 Å². The fraction of sp³-hybridized carbons (Fsp3) is 0.143. The van der Waals surface area contributed by atoms with Crippen LogP contribution in [0, 0.1) is 6.92 Å². The summed E-state index contributed by atoms with van der Waals surface area (Å²) in [6.45, 7) is 2.25. The van der Waals surface area contributed by atoms with Gasteiger partial charge in [0.05, 0.1) is 0 Å². The molecule has 106 valence electrons. The highest BCUT2D eigenvalue weighted by Gasteiger charge is 2.09. The Morgan fingerprint density at radius 2 is 2.29 bits per heavy atom. The third-order valence-electron chi connectivity index (χ3n) is 2.94. The Kier molecular flexibility index (Phi) is 3.46. The van der Waals surface area contributed by atoms with Crippen LogP contribution in [-0.4, -0.2) is 30.9 Å². The van der Waals surface area contributed by atoms with E-state index >= 15 is 0 Å². The maximum absolute atomic E-state index is 11.9. The number of carbonyl (C=O) groups is 1. The van der Waals surface area contributed by atoms with E-state index in [2.05, 4.69) is 25.6 Å². The summed E-state index contributed by atoms with van der Waals surface area (Å²) in [5.41, 5.74) is 2.18.